The average Bonchev–Trinajstić information content (AvgIpc) is 3.22. The number of carbonyl (C=O) groups excluding carboxylic acids is 1. The molecule has 15 heteroatoms. The zero-order chi connectivity index (χ0) is 29.7. The molecule has 1 saturated carbocycles. The highest BCUT2D eigenvalue weighted by Crippen LogP contribution is 2.44. The molecule has 1 heterocycles. The van der Waals surface area contributed by atoms with Gasteiger partial charge in [-0.15, -0.1) is 0 Å². The molecule has 2 aromatic rings. The van der Waals surface area contributed by atoms with Crippen LogP contribution < -0.4 is 0 Å². The lowest BCUT2D eigenvalue weighted by atomic mass is 9.83. The van der Waals surface area contributed by atoms with Crippen LogP contribution in [0, 0.1) is 28.9 Å². The number of hydrogen-bond donors (Lipinski definition) is 2. The molecule has 0 spiro atoms. The van der Waals surface area contributed by atoms with Crippen molar-refractivity contribution in [1.82, 2.24) is 9.55 Å². The first-order valence-corrected chi connectivity index (χ1v) is 14.3. The van der Waals surface area contributed by atoms with Gasteiger partial charge in [-0.05, 0) is 52.0 Å². The van der Waals surface area contributed by atoms with Crippen molar-refractivity contribution >= 4 is 36.9 Å². The van der Waals surface area contributed by atoms with E-state index in [1.165, 1.54) is 4.57 Å². The molecular formula is C25H33F2N4O8P. The minimum atomic E-state index is -4.56. The molecule has 0 bridgehead atoms. The number of imidazole rings is 1. The lowest BCUT2D eigenvalue weighted by Gasteiger charge is -2.34. The van der Waals surface area contributed by atoms with Crippen molar-refractivity contribution in [2.45, 2.75) is 77.9 Å². The Morgan fingerprint density at radius 1 is 1.25 bits per heavy atom. The van der Waals surface area contributed by atoms with Crippen molar-refractivity contribution in [1.29, 1.82) is 5.26 Å². The van der Waals surface area contributed by atoms with Crippen molar-refractivity contribution in [2.75, 3.05) is 13.4 Å². The Labute approximate surface area is 230 Å². The summed E-state index contributed by atoms with van der Waals surface area (Å²) in [6.07, 6.45) is 1.82. The summed E-state index contributed by atoms with van der Waals surface area (Å²) in [6, 6.07) is 2.44. The van der Waals surface area contributed by atoms with Crippen molar-refractivity contribution in [2.24, 2.45) is 10.9 Å². The third-order valence-corrected chi connectivity index (χ3v) is 6.70. The summed E-state index contributed by atoms with van der Waals surface area (Å²) in [5.74, 6) is -1.81. The minimum Gasteiger partial charge on any atom is -0.444 e. The van der Waals surface area contributed by atoms with E-state index in [2.05, 4.69) is 14.5 Å². The second kappa shape index (κ2) is 13.0. The van der Waals surface area contributed by atoms with Crippen LogP contribution in [0.1, 0.15) is 71.8 Å². The number of hydrogen-bond acceptors (Lipinski definition) is 9. The topological polar surface area (TPSA) is 165 Å². The van der Waals surface area contributed by atoms with Crippen LogP contribution in [0.4, 0.5) is 19.5 Å². The minimum absolute atomic E-state index is 0.0191. The Morgan fingerprint density at radius 3 is 2.55 bits per heavy atom. The van der Waals surface area contributed by atoms with Crippen molar-refractivity contribution in [3.05, 3.63) is 23.3 Å². The molecule has 1 aromatic carbocycles. The smallest absolute Gasteiger partial charge is 0.444 e. The third-order valence-electron chi connectivity index (χ3n) is 6.13. The number of rotatable bonds is 11. The number of carbonyl (C=O) groups is 1. The molecule has 220 valence electrons. The molecule has 12 nitrogen and oxygen atoms in total. The van der Waals surface area contributed by atoms with Gasteiger partial charge in [0.15, 0.2) is 17.5 Å². The molecule has 1 fully saturated rings. The Hall–Kier alpha value is -3.11. The van der Waals surface area contributed by atoms with Gasteiger partial charge in [0.2, 0.25) is 12.7 Å². The largest absolute Gasteiger partial charge is 0.511 e. The van der Waals surface area contributed by atoms with Crippen LogP contribution in [0.2, 0.25) is 0 Å². The van der Waals surface area contributed by atoms with Crippen molar-refractivity contribution in [3.63, 3.8) is 0 Å². The van der Waals surface area contributed by atoms with Gasteiger partial charge in [0.1, 0.15) is 17.1 Å². The average molecular weight is 587 g/mol. The quantitative estimate of drug-likeness (QED) is 0.0849. The Morgan fingerprint density at radius 2 is 1.95 bits per heavy atom. The summed E-state index contributed by atoms with van der Waals surface area (Å²) in [4.78, 5) is 38.2. The maximum Gasteiger partial charge on any atom is 0.511 e. The lowest BCUT2D eigenvalue weighted by Crippen LogP contribution is -2.34. The van der Waals surface area contributed by atoms with Gasteiger partial charge in [-0.25, -0.2) is 23.1 Å². The maximum absolute atomic E-state index is 15.1. The molecule has 2 N–H and O–H groups in total. The number of phosphoric ester groups is 1. The standard InChI is InChI=1S/C25H33F2N4O8P/c1-5-6-7-8-19(37-14-38-24(32)36-13-15-9-17(10-15)39-40(33,34)35)29-23-30-21-18(26)11-16(12-28)20(27)22(21)31(23)25(2,3)4/h11,15,17H,5-10,13-14H2,1-4H3,(H2,33,34,35)/b29-19-. The number of nitriles is 1. The number of ether oxygens (including phenoxy) is 3. The monoisotopic (exact) mass is 586 g/mol. The zero-order valence-electron chi connectivity index (χ0n) is 22.7. The molecule has 1 aliphatic carbocycles. The van der Waals surface area contributed by atoms with Gasteiger partial charge in [0.25, 0.3) is 0 Å². The van der Waals surface area contributed by atoms with E-state index < -0.39 is 49.6 Å². The fourth-order valence-electron chi connectivity index (χ4n) is 4.22. The number of phosphoric acid groups is 1. The second-order valence-corrected chi connectivity index (χ2v) is 11.6. The summed E-state index contributed by atoms with van der Waals surface area (Å²) in [6.45, 7) is 6.70. The molecule has 3 rings (SSSR count). The first-order chi connectivity index (χ1) is 18.7. The summed E-state index contributed by atoms with van der Waals surface area (Å²) < 4.78 is 62.2. The Bertz CT molecular complexity index is 1340. The van der Waals surface area contributed by atoms with E-state index in [0.29, 0.717) is 25.7 Å². The predicted molar refractivity (Wildman–Crippen MR) is 139 cm³/mol. The first-order valence-electron chi connectivity index (χ1n) is 12.8. The van der Waals surface area contributed by atoms with Crippen molar-refractivity contribution < 1.29 is 46.7 Å². The van der Waals surface area contributed by atoms with Crippen LogP contribution in [0.15, 0.2) is 11.1 Å². The highest BCUT2D eigenvalue weighted by molar-refractivity contribution is 7.46. The molecule has 0 radical (unpaired) electrons. The van der Waals surface area contributed by atoms with E-state index >= 15 is 4.39 Å². The van der Waals surface area contributed by atoms with Gasteiger partial charge >= 0.3 is 14.0 Å². The van der Waals surface area contributed by atoms with Gasteiger partial charge in [-0.1, -0.05) is 19.8 Å². The van der Waals surface area contributed by atoms with Crippen LogP contribution in [0.25, 0.3) is 11.0 Å². The molecule has 0 unspecified atom stereocenters. The summed E-state index contributed by atoms with van der Waals surface area (Å²) in [5.41, 5.74) is -1.73. The molecule has 0 aliphatic heterocycles. The Balaban J connectivity index is 1.71. The van der Waals surface area contributed by atoms with E-state index in [4.69, 9.17) is 24.0 Å². The van der Waals surface area contributed by atoms with E-state index in [-0.39, 0.29) is 35.4 Å². The number of nitrogens with zero attached hydrogens (tertiary/aromatic N) is 4. The summed E-state index contributed by atoms with van der Waals surface area (Å²) >= 11 is 0. The molecular weight excluding hydrogens is 553 g/mol. The van der Waals surface area contributed by atoms with E-state index in [1.807, 2.05) is 6.92 Å². The normalized spacial score (nSPS) is 17.8. The molecule has 1 aromatic heterocycles. The van der Waals surface area contributed by atoms with Gasteiger partial charge in [0, 0.05) is 12.0 Å². The number of aromatic nitrogens is 2. The maximum atomic E-state index is 15.1. The van der Waals surface area contributed by atoms with Gasteiger partial charge < -0.3 is 28.6 Å². The number of halogens is 2. The molecule has 1 aliphatic rings. The number of unbranched alkanes of at least 4 members (excludes halogenated alkanes) is 2. The number of fused-ring (bicyclic) bond motifs is 1. The summed E-state index contributed by atoms with van der Waals surface area (Å²) in [7, 11) is -4.56. The fourth-order valence-corrected chi connectivity index (χ4v) is 4.78. The highest BCUT2D eigenvalue weighted by atomic mass is 31.2. The van der Waals surface area contributed by atoms with E-state index in [1.54, 1.807) is 26.8 Å². The molecule has 40 heavy (non-hydrogen) atoms. The van der Waals surface area contributed by atoms with Gasteiger partial charge in [-0.2, -0.15) is 10.3 Å². The zero-order valence-corrected chi connectivity index (χ0v) is 23.6. The Kier molecular flexibility index (Phi) is 10.2. The third kappa shape index (κ3) is 8.20. The summed E-state index contributed by atoms with van der Waals surface area (Å²) in [5, 5.41) is 9.23. The van der Waals surface area contributed by atoms with Crippen LogP contribution in [0.5, 0.6) is 0 Å². The second-order valence-electron chi connectivity index (χ2n) is 10.4. The van der Waals surface area contributed by atoms with Crippen LogP contribution in [0.3, 0.4) is 0 Å². The lowest BCUT2D eigenvalue weighted by molar-refractivity contribution is -0.0313. The molecule has 0 atom stereocenters. The van der Waals surface area contributed by atoms with Crippen LogP contribution in [-0.4, -0.2) is 50.9 Å². The fraction of sp³-hybridized carbons (Fsp3) is 0.600. The number of aliphatic imine (C=N–C) groups is 1. The SMILES string of the molecule is CCCCC/C(=N/c1nc2c(F)cc(C#N)c(F)c2n1C(C)(C)C)OCOC(=O)OCC1CC(OP(=O)(O)O)C1. The van der Waals surface area contributed by atoms with Gasteiger partial charge in [0.05, 0.1) is 18.3 Å². The van der Waals surface area contributed by atoms with Crippen LogP contribution in [-0.2, 0) is 28.8 Å². The molecule has 0 saturated heterocycles. The van der Waals surface area contributed by atoms with Crippen LogP contribution >= 0.6 is 7.82 Å². The van der Waals surface area contributed by atoms with E-state index in [9.17, 15) is 19.0 Å². The highest BCUT2D eigenvalue weighted by Gasteiger charge is 2.35. The molecule has 0 amide bonds. The number of benzene rings is 1. The van der Waals surface area contributed by atoms with E-state index in [0.717, 1.165) is 18.9 Å². The van der Waals surface area contributed by atoms with Gasteiger partial charge in [-0.3, -0.25) is 4.52 Å². The predicted octanol–water partition coefficient (Wildman–Crippen LogP) is 5.57. The van der Waals surface area contributed by atoms with Crippen molar-refractivity contribution in [3.8, 4) is 6.07 Å². The first kappa shape index (κ1) is 31.4.